The van der Waals surface area contributed by atoms with Crippen molar-refractivity contribution in [1.29, 1.82) is 0 Å². The summed E-state index contributed by atoms with van der Waals surface area (Å²) in [6.45, 7) is 2.25. The van der Waals surface area contributed by atoms with Crippen molar-refractivity contribution < 1.29 is 22.7 Å². The van der Waals surface area contributed by atoms with Crippen LogP contribution in [0.5, 0.6) is 5.75 Å². The van der Waals surface area contributed by atoms with Crippen LogP contribution in [0.1, 0.15) is 42.0 Å². The van der Waals surface area contributed by atoms with Gasteiger partial charge in [0, 0.05) is 6.08 Å². The Labute approximate surface area is 156 Å². The summed E-state index contributed by atoms with van der Waals surface area (Å²) in [4.78, 5) is 12.0. The van der Waals surface area contributed by atoms with Gasteiger partial charge in [-0.25, -0.2) is 4.79 Å². The van der Waals surface area contributed by atoms with Gasteiger partial charge in [0.1, 0.15) is 5.75 Å². The number of carbonyl (C=O) groups excluding carboxylic acids is 1. The fourth-order valence-corrected chi connectivity index (χ4v) is 3.19. The van der Waals surface area contributed by atoms with Crippen LogP contribution in [0.25, 0.3) is 6.08 Å². The molecule has 0 spiro atoms. The Morgan fingerprint density at radius 3 is 2.37 bits per heavy atom. The minimum absolute atomic E-state index is 0.491. The zero-order valence-corrected chi connectivity index (χ0v) is 15.1. The van der Waals surface area contributed by atoms with E-state index in [1.807, 2.05) is 12.1 Å². The number of aryl methyl sites for hydroxylation is 2. The van der Waals surface area contributed by atoms with Gasteiger partial charge in [-0.15, -0.1) is 0 Å². The van der Waals surface area contributed by atoms with Crippen molar-refractivity contribution in [3.8, 4) is 5.75 Å². The molecule has 0 N–H and O–H groups in total. The lowest BCUT2D eigenvalue weighted by Gasteiger charge is -2.08. The van der Waals surface area contributed by atoms with Crippen LogP contribution < -0.4 is 4.74 Å². The van der Waals surface area contributed by atoms with E-state index in [4.69, 9.17) is 4.74 Å². The van der Waals surface area contributed by atoms with E-state index in [0.29, 0.717) is 17.2 Å². The molecule has 0 saturated carbocycles. The summed E-state index contributed by atoms with van der Waals surface area (Å²) < 4.78 is 43.0. The molecule has 27 heavy (non-hydrogen) atoms. The van der Waals surface area contributed by atoms with Gasteiger partial charge in [0.15, 0.2) is 0 Å². The summed E-state index contributed by atoms with van der Waals surface area (Å²) in [5.74, 6) is 0.622. The summed E-state index contributed by atoms with van der Waals surface area (Å²) in [5, 5.41) is 0. The van der Waals surface area contributed by atoms with Crippen molar-refractivity contribution >= 4 is 12.0 Å². The first-order valence-electron chi connectivity index (χ1n) is 9.00. The molecule has 0 saturated heterocycles. The van der Waals surface area contributed by atoms with Gasteiger partial charge in [0.2, 0.25) is 0 Å². The van der Waals surface area contributed by atoms with E-state index in [1.165, 1.54) is 41.8 Å². The molecule has 1 aliphatic carbocycles. The molecule has 0 aliphatic heterocycles. The average Bonchev–Trinajstić information content (AvgIpc) is 2.81. The SMILES string of the molecule is CC1CCc2ccc(OC(=O)/C=C/c3ccc(C(F)(F)F)cc3)cc2CC1. The molecular weight excluding hydrogens is 353 g/mol. The Hall–Kier alpha value is -2.56. The van der Waals surface area contributed by atoms with Crippen molar-refractivity contribution in [3.63, 3.8) is 0 Å². The molecule has 3 rings (SSSR count). The van der Waals surface area contributed by atoms with E-state index in [2.05, 4.69) is 6.92 Å². The van der Waals surface area contributed by atoms with Crippen molar-refractivity contribution in [1.82, 2.24) is 0 Å². The second-order valence-electron chi connectivity index (χ2n) is 6.99. The quantitative estimate of drug-likeness (QED) is 0.292. The molecule has 1 unspecified atom stereocenters. The minimum Gasteiger partial charge on any atom is -0.423 e. The third kappa shape index (κ3) is 5.22. The first kappa shape index (κ1) is 19.2. The van der Waals surface area contributed by atoms with E-state index in [0.717, 1.165) is 31.4 Å². The van der Waals surface area contributed by atoms with Crippen LogP contribution in [0.3, 0.4) is 0 Å². The molecule has 2 aromatic rings. The number of hydrogen-bond acceptors (Lipinski definition) is 2. The molecule has 2 nitrogen and oxygen atoms in total. The normalized spacial score (nSPS) is 17.4. The summed E-state index contributed by atoms with van der Waals surface area (Å²) >= 11 is 0. The minimum atomic E-state index is -4.37. The summed E-state index contributed by atoms with van der Waals surface area (Å²) in [7, 11) is 0. The van der Waals surface area contributed by atoms with Crippen molar-refractivity contribution in [2.75, 3.05) is 0 Å². The number of rotatable bonds is 3. The topological polar surface area (TPSA) is 26.3 Å². The molecule has 0 amide bonds. The standard InChI is InChI=1S/C22H21F3O2/c1-15-2-7-17-9-12-20(14-18(17)8-3-15)27-21(26)13-6-16-4-10-19(11-5-16)22(23,24)25/h4-6,9-15H,2-3,7-8H2,1H3/b13-6+. The van der Waals surface area contributed by atoms with Crippen molar-refractivity contribution in [3.05, 3.63) is 70.8 Å². The molecule has 0 radical (unpaired) electrons. The molecular formula is C22H21F3O2. The molecule has 1 aliphatic rings. The number of alkyl halides is 3. The van der Waals surface area contributed by atoms with Gasteiger partial charge in [0.05, 0.1) is 5.56 Å². The average molecular weight is 374 g/mol. The fraction of sp³-hybridized carbons (Fsp3) is 0.318. The Kier molecular flexibility index (Phi) is 5.68. The summed E-state index contributed by atoms with van der Waals surface area (Å²) in [5.41, 5.74) is 2.30. The highest BCUT2D eigenvalue weighted by Gasteiger charge is 2.29. The van der Waals surface area contributed by atoms with E-state index >= 15 is 0 Å². The number of ether oxygens (including phenoxy) is 1. The first-order valence-corrected chi connectivity index (χ1v) is 9.00. The van der Waals surface area contributed by atoms with Crippen LogP contribution in [0.4, 0.5) is 13.2 Å². The predicted molar refractivity (Wildman–Crippen MR) is 98.4 cm³/mol. The van der Waals surface area contributed by atoms with Crippen LogP contribution >= 0.6 is 0 Å². The van der Waals surface area contributed by atoms with Gasteiger partial charge in [-0.3, -0.25) is 0 Å². The van der Waals surface area contributed by atoms with Crippen LogP contribution in [0.2, 0.25) is 0 Å². The Balaban J connectivity index is 1.63. The number of carbonyl (C=O) groups is 1. The number of hydrogen-bond donors (Lipinski definition) is 0. The van der Waals surface area contributed by atoms with E-state index in [9.17, 15) is 18.0 Å². The highest BCUT2D eigenvalue weighted by atomic mass is 19.4. The lowest BCUT2D eigenvalue weighted by molar-refractivity contribution is -0.137. The molecule has 5 heteroatoms. The molecule has 0 fully saturated rings. The number of esters is 1. The van der Waals surface area contributed by atoms with Crippen LogP contribution in [-0.4, -0.2) is 5.97 Å². The largest absolute Gasteiger partial charge is 0.423 e. The van der Waals surface area contributed by atoms with Crippen LogP contribution in [0.15, 0.2) is 48.5 Å². The zero-order chi connectivity index (χ0) is 19.4. The third-order valence-corrected chi connectivity index (χ3v) is 4.86. The van der Waals surface area contributed by atoms with Crippen LogP contribution in [-0.2, 0) is 23.8 Å². The monoisotopic (exact) mass is 374 g/mol. The molecule has 2 aromatic carbocycles. The Morgan fingerprint density at radius 1 is 1.04 bits per heavy atom. The van der Waals surface area contributed by atoms with Gasteiger partial charge < -0.3 is 4.74 Å². The number of halogens is 3. The predicted octanol–water partition coefficient (Wildman–Crippen LogP) is 5.84. The molecule has 142 valence electrons. The first-order chi connectivity index (χ1) is 12.8. The van der Waals surface area contributed by atoms with Crippen LogP contribution in [0, 0.1) is 5.92 Å². The number of fused-ring (bicyclic) bond motifs is 1. The third-order valence-electron chi connectivity index (χ3n) is 4.86. The van der Waals surface area contributed by atoms with Gasteiger partial charge >= 0.3 is 12.1 Å². The maximum Gasteiger partial charge on any atom is 0.416 e. The summed E-state index contributed by atoms with van der Waals surface area (Å²) in [6, 6.07) is 10.3. The summed E-state index contributed by atoms with van der Waals surface area (Å²) in [6.07, 6.45) is 2.59. The van der Waals surface area contributed by atoms with Gasteiger partial charge in [-0.1, -0.05) is 25.1 Å². The molecule has 0 bridgehead atoms. The molecule has 0 aromatic heterocycles. The second-order valence-corrected chi connectivity index (χ2v) is 6.99. The maximum absolute atomic E-state index is 12.6. The highest BCUT2D eigenvalue weighted by molar-refractivity contribution is 5.88. The van der Waals surface area contributed by atoms with Crippen molar-refractivity contribution in [2.45, 2.75) is 38.8 Å². The Bertz CT molecular complexity index is 836. The van der Waals surface area contributed by atoms with Gasteiger partial charge in [-0.2, -0.15) is 13.2 Å². The van der Waals surface area contributed by atoms with Gasteiger partial charge in [-0.05, 0) is 78.6 Å². The van der Waals surface area contributed by atoms with E-state index in [1.54, 1.807) is 6.07 Å². The lowest BCUT2D eigenvalue weighted by Crippen LogP contribution is -2.05. The maximum atomic E-state index is 12.6. The fourth-order valence-electron chi connectivity index (χ4n) is 3.19. The highest BCUT2D eigenvalue weighted by Crippen LogP contribution is 2.29. The zero-order valence-electron chi connectivity index (χ0n) is 15.1. The Morgan fingerprint density at radius 2 is 1.70 bits per heavy atom. The van der Waals surface area contributed by atoms with E-state index < -0.39 is 17.7 Å². The van der Waals surface area contributed by atoms with Crippen molar-refractivity contribution in [2.24, 2.45) is 5.92 Å². The lowest BCUT2D eigenvalue weighted by atomic mass is 10.0. The van der Waals surface area contributed by atoms with E-state index in [-0.39, 0.29) is 0 Å². The van der Waals surface area contributed by atoms with Gasteiger partial charge in [0.25, 0.3) is 0 Å². The second kappa shape index (κ2) is 7.99. The smallest absolute Gasteiger partial charge is 0.416 e. The molecule has 0 heterocycles. The number of benzene rings is 2. The molecule has 1 atom stereocenters.